The molecule has 0 aliphatic heterocycles. The Hall–Kier alpha value is -1.75. The number of anilines is 2. The van der Waals surface area contributed by atoms with Crippen molar-refractivity contribution in [1.29, 1.82) is 0 Å². The fourth-order valence-corrected chi connectivity index (χ4v) is 1.32. The second-order valence-corrected chi connectivity index (χ2v) is 3.37. The highest BCUT2D eigenvalue weighted by atomic mass is 32.1. The molecular formula is C10H9N3OS. The summed E-state index contributed by atoms with van der Waals surface area (Å²) < 4.78 is 0. The Labute approximate surface area is 91.8 Å². The summed E-state index contributed by atoms with van der Waals surface area (Å²) in [5.41, 5.74) is 0.609. The Balaban J connectivity index is 2.33. The van der Waals surface area contributed by atoms with Crippen LogP contribution in [-0.4, -0.2) is 9.97 Å². The van der Waals surface area contributed by atoms with Gasteiger partial charge >= 0.3 is 0 Å². The molecule has 1 aromatic heterocycles. The lowest BCUT2D eigenvalue weighted by molar-refractivity contribution is 1.05. The molecule has 1 aromatic carbocycles. The van der Waals surface area contributed by atoms with Gasteiger partial charge in [0.05, 0.1) is 6.33 Å². The minimum Gasteiger partial charge on any atom is -0.339 e. The fourth-order valence-electron chi connectivity index (χ4n) is 1.14. The summed E-state index contributed by atoms with van der Waals surface area (Å²) in [7, 11) is 0. The molecule has 0 bridgehead atoms. The van der Waals surface area contributed by atoms with Crippen molar-refractivity contribution in [3.63, 3.8) is 0 Å². The summed E-state index contributed by atoms with van der Waals surface area (Å²) in [6.07, 6.45) is 1.34. The molecule has 0 saturated heterocycles. The van der Waals surface area contributed by atoms with Crippen LogP contribution in [0.5, 0.6) is 0 Å². The lowest BCUT2D eigenvalue weighted by Gasteiger charge is -2.05. The van der Waals surface area contributed by atoms with Gasteiger partial charge < -0.3 is 10.3 Å². The van der Waals surface area contributed by atoms with Crippen molar-refractivity contribution in [3.8, 4) is 0 Å². The molecular weight excluding hydrogens is 210 g/mol. The van der Waals surface area contributed by atoms with E-state index >= 15 is 0 Å². The smallest absolute Gasteiger partial charge is 0.266 e. The lowest BCUT2D eigenvalue weighted by atomic mass is 10.3. The summed E-state index contributed by atoms with van der Waals surface area (Å²) in [6, 6.07) is 9.48. The number of nitrogens with zero attached hydrogens (tertiary/aromatic N) is 1. The van der Waals surface area contributed by atoms with E-state index in [2.05, 4.69) is 27.9 Å². The molecule has 0 aliphatic carbocycles. The molecule has 0 unspecified atom stereocenters. The second-order valence-electron chi connectivity index (χ2n) is 2.92. The Bertz CT molecular complexity index is 510. The summed E-state index contributed by atoms with van der Waals surface area (Å²) in [4.78, 5) is 17.9. The summed E-state index contributed by atoms with van der Waals surface area (Å²) in [5.74, 6) is 0.452. The first-order valence-electron chi connectivity index (χ1n) is 4.36. The number of H-pyrrole nitrogens is 1. The van der Waals surface area contributed by atoms with Crippen molar-refractivity contribution in [1.82, 2.24) is 9.97 Å². The fraction of sp³-hybridized carbons (Fsp3) is 0. The average Bonchev–Trinajstić information content (AvgIpc) is 2.26. The van der Waals surface area contributed by atoms with Crippen LogP contribution in [-0.2, 0) is 0 Å². The Morgan fingerprint density at radius 2 is 2.00 bits per heavy atom. The number of aromatic nitrogens is 2. The molecule has 1 heterocycles. The standard InChI is InChI=1S/C10H9N3OS/c14-10-8(15)9(11-6-12-10)13-7-4-2-1-3-5-7/h1-6,15H,(H2,11,12,13,14). The molecule has 2 aromatic rings. The van der Waals surface area contributed by atoms with Crippen LogP contribution in [0.25, 0.3) is 0 Å². The molecule has 4 nitrogen and oxygen atoms in total. The van der Waals surface area contributed by atoms with Gasteiger partial charge in [-0.2, -0.15) is 0 Å². The minimum absolute atomic E-state index is 0.258. The topological polar surface area (TPSA) is 57.8 Å². The van der Waals surface area contributed by atoms with Crippen molar-refractivity contribution in [2.75, 3.05) is 5.32 Å². The molecule has 15 heavy (non-hydrogen) atoms. The van der Waals surface area contributed by atoms with Gasteiger partial charge in [-0.25, -0.2) is 4.98 Å². The normalized spacial score (nSPS) is 9.93. The van der Waals surface area contributed by atoms with Crippen LogP contribution in [0.1, 0.15) is 0 Å². The molecule has 76 valence electrons. The van der Waals surface area contributed by atoms with Gasteiger partial charge in [-0.15, -0.1) is 12.6 Å². The van der Waals surface area contributed by atoms with Crippen LogP contribution in [0.15, 0.2) is 46.3 Å². The van der Waals surface area contributed by atoms with Crippen LogP contribution < -0.4 is 10.9 Å². The van der Waals surface area contributed by atoms with E-state index in [-0.39, 0.29) is 10.5 Å². The van der Waals surface area contributed by atoms with Crippen LogP contribution >= 0.6 is 12.6 Å². The maximum absolute atomic E-state index is 11.2. The van der Waals surface area contributed by atoms with E-state index in [1.165, 1.54) is 6.33 Å². The molecule has 0 saturated carbocycles. The van der Waals surface area contributed by atoms with Crippen LogP contribution in [0.4, 0.5) is 11.5 Å². The maximum atomic E-state index is 11.2. The van der Waals surface area contributed by atoms with Gasteiger partial charge in [0.1, 0.15) is 4.90 Å². The van der Waals surface area contributed by atoms with Crippen molar-refractivity contribution in [3.05, 3.63) is 47.0 Å². The predicted molar refractivity (Wildman–Crippen MR) is 61.8 cm³/mol. The number of aromatic amines is 1. The molecule has 0 aliphatic rings. The summed E-state index contributed by atoms with van der Waals surface area (Å²) >= 11 is 4.07. The highest BCUT2D eigenvalue weighted by molar-refractivity contribution is 7.80. The number of nitrogens with one attached hydrogen (secondary N) is 2. The Kier molecular flexibility index (Phi) is 2.73. The number of hydrogen-bond donors (Lipinski definition) is 3. The minimum atomic E-state index is -0.258. The van der Waals surface area contributed by atoms with E-state index in [0.29, 0.717) is 5.82 Å². The van der Waals surface area contributed by atoms with E-state index in [4.69, 9.17) is 0 Å². The van der Waals surface area contributed by atoms with Gasteiger partial charge in [0.25, 0.3) is 5.56 Å². The molecule has 0 atom stereocenters. The quantitative estimate of drug-likeness (QED) is 0.675. The van der Waals surface area contributed by atoms with Crippen LogP contribution in [0.3, 0.4) is 0 Å². The van der Waals surface area contributed by atoms with Gasteiger partial charge in [-0.05, 0) is 12.1 Å². The van der Waals surface area contributed by atoms with Crippen molar-refractivity contribution < 1.29 is 0 Å². The van der Waals surface area contributed by atoms with Crippen LogP contribution in [0.2, 0.25) is 0 Å². The van der Waals surface area contributed by atoms with Gasteiger partial charge in [0.2, 0.25) is 0 Å². The zero-order valence-electron chi connectivity index (χ0n) is 7.77. The molecule has 5 heteroatoms. The first-order valence-corrected chi connectivity index (χ1v) is 4.81. The third kappa shape index (κ3) is 2.19. The van der Waals surface area contributed by atoms with Gasteiger partial charge in [-0.1, -0.05) is 18.2 Å². The van der Waals surface area contributed by atoms with Crippen molar-refractivity contribution >= 4 is 24.1 Å². The number of hydrogen-bond acceptors (Lipinski definition) is 4. The molecule has 2 N–H and O–H groups in total. The zero-order valence-corrected chi connectivity index (χ0v) is 8.66. The highest BCUT2D eigenvalue weighted by Crippen LogP contribution is 2.16. The van der Waals surface area contributed by atoms with E-state index < -0.39 is 0 Å². The average molecular weight is 219 g/mol. The lowest BCUT2D eigenvalue weighted by Crippen LogP contribution is -2.10. The number of thiol groups is 1. The van der Waals surface area contributed by atoms with E-state index in [0.717, 1.165) is 5.69 Å². The van der Waals surface area contributed by atoms with Crippen molar-refractivity contribution in [2.45, 2.75) is 4.90 Å². The van der Waals surface area contributed by atoms with Gasteiger partial charge in [0, 0.05) is 5.69 Å². The van der Waals surface area contributed by atoms with E-state index in [1.807, 2.05) is 30.3 Å². The van der Waals surface area contributed by atoms with Gasteiger partial charge in [-0.3, -0.25) is 4.79 Å². The highest BCUT2D eigenvalue weighted by Gasteiger charge is 2.03. The Morgan fingerprint density at radius 3 is 2.73 bits per heavy atom. The summed E-state index contributed by atoms with van der Waals surface area (Å²) in [6.45, 7) is 0. The first kappa shape index (κ1) is 9.79. The largest absolute Gasteiger partial charge is 0.339 e. The predicted octanol–water partition coefficient (Wildman–Crippen LogP) is 1.80. The van der Waals surface area contributed by atoms with E-state index in [9.17, 15) is 4.79 Å². The number of benzene rings is 1. The van der Waals surface area contributed by atoms with E-state index in [1.54, 1.807) is 0 Å². The third-order valence-electron chi connectivity index (χ3n) is 1.87. The molecule has 0 fully saturated rings. The molecule has 0 radical (unpaired) electrons. The molecule has 0 amide bonds. The zero-order chi connectivity index (χ0) is 10.7. The van der Waals surface area contributed by atoms with Crippen molar-refractivity contribution in [2.24, 2.45) is 0 Å². The van der Waals surface area contributed by atoms with Gasteiger partial charge in [0.15, 0.2) is 5.82 Å². The number of rotatable bonds is 2. The first-order chi connectivity index (χ1) is 7.27. The number of para-hydroxylation sites is 1. The molecule has 0 spiro atoms. The SMILES string of the molecule is O=c1[nH]cnc(Nc2ccccc2)c1S. The summed E-state index contributed by atoms with van der Waals surface area (Å²) in [5, 5.41) is 3.01. The monoisotopic (exact) mass is 219 g/mol. The maximum Gasteiger partial charge on any atom is 0.266 e. The molecule has 2 rings (SSSR count). The Morgan fingerprint density at radius 1 is 1.27 bits per heavy atom. The second kappa shape index (κ2) is 4.18. The third-order valence-corrected chi connectivity index (χ3v) is 2.28. The van der Waals surface area contributed by atoms with Crippen LogP contribution in [0, 0.1) is 0 Å².